The van der Waals surface area contributed by atoms with Gasteiger partial charge in [-0.05, 0) is 67.3 Å². The van der Waals surface area contributed by atoms with Gasteiger partial charge in [-0.15, -0.1) is 11.3 Å². The van der Waals surface area contributed by atoms with E-state index in [-0.39, 0.29) is 18.0 Å². The first-order chi connectivity index (χ1) is 16.0. The third-order valence-corrected chi connectivity index (χ3v) is 7.32. The number of hydrogen-bond acceptors (Lipinski definition) is 5. The van der Waals surface area contributed by atoms with Crippen LogP contribution in [0.1, 0.15) is 18.4 Å². The van der Waals surface area contributed by atoms with Crippen LogP contribution in [0.4, 0.5) is 11.4 Å². The van der Waals surface area contributed by atoms with Gasteiger partial charge in [0.15, 0.2) is 0 Å². The Morgan fingerprint density at radius 3 is 2.61 bits per heavy atom. The Balaban J connectivity index is 1.33. The normalized spacial score (nSPS) is 13.6. The zero-order chi connectivity index (χ0) is 22.9. The summed E-state index contributed by atoms with van der Waals surface area (Å²) in [5, 5.41) is 3.59. The molecule has 5 rings (SSSR count). The summed E-state index contributed by atoms with van der Waals surface area (Å²) in [4.78, 5) is 33.4. The van der Waals surface area contributed by atoms with Crippen molar-refractivity contribution < 1.29 is 4.79 Å². The van der Waals surface area contributed by atoms with Crippen LogP contribution < -0.4 is 15.8 Å². The number of benzene rings is 2. The highest BCUT2D eigenvalue weighted by Crippen LogP contribution is 2.31. The molecule has 2 aromatic carbocycles. The van der Waals surface area contributed by atoms with Gasteiger partial charge in [0.1, 0.15) is 11.2 Å². The van der Waals surface area contributed by atoms with Crippen LogP contribution >= 0.6 is 22.9 Å². The molecule has 6 nitrogen and oxygen atoms in total. The number of nitrogens with one attached hydrogen (secondary N) is 1. The lowest BCUT2D eigenvalue weighted by Crippen LogP contribution is -2.27. The van der Waals surface area contributed by atoms with Gasteiger partial charge in [0, 0.05) is 34.4 Å². The Morgan fingerprint density at radius 2 is 1.88 bits per heavy atom. The lowest BCUT2D eigenvalue weighted by molar-refractivity contribution is -0.116. The van der Waals surface area contributed by atoms with Gasteiger partial charge in [0.05, 0.1) is 11.8 Å². The molecule has 0 atom stereocenters. The molecule has 0 bridgehead atoms. The number of carbonyl (C=O) groups is 1. The van der Waals surface area contributed by atoms with Crippen molar-refractivity contribution in [2.45, 2.75) is 26.3 Å². The van der Waals surface area contributed by atoms with Crippen molar-refractivity contribution in [2.75, 3.05) is 23.3 Å². The molecule has 1 fully saturated rings. The molecular formula is C25H23ClN4O2S. The van der Waals surface area contributed by atoms with E-state index in [1.165, 1.54) is 40.8 Å². The summed E-state index contributed by atoms with van der Waals surface area (Å²) >= 11 is 7.34. The van der Waals surface area contributed by atoms with E-state index in [2.05, 4.69) is 21.3 Å². The Hall–Kier alpha value is -3.16. The average molecular weight is 479 g/mol. The Labute approximate surface area is 200 Å². The number of fused-ring (bicyclic) bond motifs is 1. The van der Waals surface area contributed by atoms with Gasteiger partial charge in [0.2, 0.25) is 5.91 Å². The maximum Gasteiger partial charge on any atom is 0.271 e. The highest BCUT2D eigenvalue weighted by molar-refractivity contribution is 7.22. The summed E-state index contributed by atoms with van der Waals surface area (Å²) in [6.45, 7) is 4.04. The first kappa shape index (κ1) is 21.7. The van der Waals surface area contributed by atoms with Crippen LogP contribution in [-0.2, 0) is 11.3 Å². The summed E-state index contributed by atoms with van der Waals surface area (Å²) in [5.74, 6) is -0.259. The van der Waals surface area contributed by atoms with E-state index >= 15 is 0 Å². The van der Waals surface area contributed by atoms with Gasteiger partial charge in [-0.3, -0.25) is 14.2 Å². The Morgan fingerprint density at radius 1 is 1.12 bits per heavy atom. The fraction of sp³-hybridized carbons (Fsp3) is 0.240. The molecule has 0 saturated carbocycles. The Kier molecular flexibility index (Phi) is 5.91. The van der Waals surface area contributed by atoms with Crippen molar-refractivity contribution in [2.24, 2.45) is 0 Å². The summed E-state index contributed by atoms with van der Waals surface area (Å²) in [7, 11) is 0. The van der Waals surface area contributed by atoms with Gasteiger partial charge in [0.25, 0.3) is 5.56 Å². The molecule has 1 N–H and O–H groups in total. The van der Waals surface area contributed by atoms with Gasteiger partial charge < -0.3 is 10.2 Å². The topological polar surface area (TPSA) is 67.2 Å². The fourth-order valence-electron chi connectivity index (χ4n) is 4.12. The van der Waals surface area contributed by atoms with Crippen molar-refractivity contribution in [3.05, 3.63) is 75.8 Å². The van der Waals surface area contributed by atoms with E-state index < -0.39 is 0 Å². The van der Waals surface area contributed by atoms with Crippen LogP contribution in [-0.4, -0.2) is 28.5 Å². The maximum atomic E-state index is 13.0. The number of hydrogen-bond donors (Lipinski definition) is 1. The molecular weight excluding hydrogens is 456 g/mol. The van der Waals surface area contributed by atoms with Crippen molar-refractivity contribution in [1.29, 1.82) is 0 Å². The number of aryl methyl sites for hydroxylation is 1. The fourth-order valence-corrected chi connectivity index (χ4v) is 5.31. The zero-order valence-electron chi connectivity index (χ0n) is 18.2. The number of rotatable bonds is 5. The van der Waals surface area contributed by atoms with Gasteiger partial charge in [-0.25, -0.2) is 4.98 Å². The summed E-state index contributed by atoms with van der Waals surface area (Å²) in [5.41, 5.74) is 4.31. The average Bonchev–Trinajstić information content (AvgIpc) is 3.48. The molecule has 0 unspecified atom stereocenters. The monoisotopic (exact) mass is 478 g/mol. The molecule has 1 saturated heterocycles. The molecule has 4 aromatic rings. The second-order valence-electron chi connectivity index (χ2n) is 8.25. The van der Waals surface area contributed by atoms with E-state index in [1.807, 2.05) is 49.4 Å². The minimum atomic E-state index is -0.259. The van der Waals surface area contributed by atoms with E-state index in [9.17, 15) is 9.59 Å². The summed E-state index contributed by atoms with van der Waals surface area (Å²) in [6, 6.07) is 15.4. The van der Waals surface area contributed by atoms with E-state index in [0.29, 0.717) is 15.2 Å². The molecule has 0 aliphatic carbocycles. The van der Waals surface area contributed by atoms with E-state index in [0.717, 1.165) is 34.8 Å². The van der Waals surface area contributed by atoms with Crippen LogP contribution in [0.2, 0.25) is 5.02 Å². The molecule has 0 spiro atoms. The van der Waals surface area contributed by atoms with E-state index in [4.69, 9.17) is 11.6 Å². The quantitative estimate of drug-likeness (QED) is 0.421. The molecule has 0 radical (unpaired) electrons. The number of anilines is 2. The Bertz CT molecular complexity index is 1390. The smallest absolute Gasteiger partial charge is 0.271 e. The highest BCUT2D eigenvalue weighted by Gasteiger charge is 2.15. The summed E-state index contributed by atoms with van der Waals surface area (Å²) < 4.78 is 1.88. The highest BCUT2D eigenvalue weighted by atomic mass is 35.5. The van der Waals surface area contributed by atoms with Crippen LogP contribution in [0.3, 0.4) is 0 Å². The number of aromatic nitrogens is 2. The number of thiophene rings is 1. The lowest BCUT2D eigenvalue weighted by Gasteiger charge is -2.19. The second-order valence-corrected chi connectivity index (χ2v) is 9.74. The first-order valence-corrected chi connectivity index (χ1v) is 12.1. The van der Waals surface area contributed by atoms with Crippen molar-refractivity contribution in [3.8, 4) is 10.4 Å². The van der Waals surface area contributed by atoms with Crippen molar-refractivity contribution in [1.82, 2.24) is 9.55 Å². The third kappa shape index (κ3) is 4.51. The van der Waals surface area contributed by atoms with Gasteiger partial charge in [-0.2, -0.15) is 0 Å². The second kappa shape index (κ2) is 9.00. The van der Waals surface area contributed by atoms with Crippen LogP contribution in [0, 0.1) is 6.92 Å². The molecule has 8 heteroatoms. The van der Waals surface area contributed by atoms with Crippen LogP contribution in [0.15, 0.2) is 59.7 Å². The lowest BCUT2D eigenvalue weighted by atomic mass is 10.1. The number of halogens is 1. The molecule has 1 aliphatic rings. The molecule has 168 valence electrons. The minimum absolute atomic E-state index is 0.0940. The van der Waals surface area contributed by atoms with Crippen molar-refractivity contribution in [3.63, 3.8) is 0 Å². The standard InChI is InChI=1S/C25H23ClN4O2S/c1-16-12-19(29-10-2-3-11-29)8-9-20(16)28-23(31)14-30-15-27-21-13-22(33-24(21)25(30)32)17-4-6-18(26)7-5-17/h4-9,12-13,15H,2-3,10-11,14H2,1H3,(H,28,31). The SMILES string of the molecule is Cc1cc(N2CCCC2)ccc1NC(=O)Cn1cnc2cc(-c3ccc(Cl)cc3)sc2c1=O. The number of nitrogens with zero attached hydrogens (tertiary/aromatic N) is 3. The van der Waals surface area contributed by atoms with Crippen LogP contribution in [0.5, 0.6) is 0 Å². The third-order valence-electron chi connectivity index (χ3n) is 5.90. The molecule has 1 aliphatic heterocycles. The van der Waals surface area contributed by atoms with Gasteiger partial charge >= 0.3 is 0 Å². The predicted molar refractivity (Wildman–Crippen MR) is 136 cm³/mol. The maximum absolute atomic E-state index is 13.0. The minimum Gasteiger partial charge on any atom is -0.372 e. The zero-order valence-corrected chi connectivity index (χ0v) is 19.7. The largest absolute Gasteiger partial charge is 0.372 e. The molecule has 2 aromatic heterocycles. The van der Waals surface area contributed by atoms with Gasteiger partial charge in [-0.1, -0.05) is 23.7 Å². The summed E-state index contributed by atoms with van der Waals surface area (Å²) in [6.07, 6.45) is 3.87. The van der Waals surface area contributed by atoms with Crippen LogP contribution in [0.25, 0.3) is 20.7 Å². The molecule has 33 heavy (non-hydrogen) atoms. The molecule has 3 heterocycles. The number of amides is 1. The molecule has 1 amide bonds. The predicted octanol–water partition coefficient (Wildman–Crippen LogP) is 5.33. The first-order valence-electron chi connectivity index (χ1n) is 10.9. The van der Waals surface area contributed by atoms with Crippen molar-refractivity contribution >= 4 is 50.4 Å². The van der Waals surface area contributed by atoms with E-state index in [1.54, 1.807) is 0 Å². The number of carbonyl (C=O) groups excluding carboxylic acids is 1.